The minimum Gasteiger partial charge on any atom is -0.488 e. The van der Waals surface area contributed by atoms with Crippen LogP contribution in [0.1, 0.15) is 42.6 Å². The van der Waals surface area contributed by atoms with Crippen LogP contribution in [0, 0.1) is 0 Å². The zero-order valence-corrected chi connectivity index (χ0v) is 17.7. The van der Waals surface area contributed by atoms with Gasteiger partial charge in [0.05, 0.1) is 13.7 Å². The number of ether oxygens (including phenoxy) is 2. The molecule has 2 heterocycles. The van der Waals surface area contributed by atoms with Crippen molar-refractivity contribution >= 4 is 35.6 Å². The van der Waals surface area contributed by atoms with Crippen LogP contribution in [0.25, 0.3) is 6.08 Å². The molecule has 1 aliphatic heterocycles. The largest absolute Gasteiger partial charge is 0.488 e. The highest BCUT2D eigenvalue weighted by atomic mass is 35.5. The average Bonchev–Trinajstić information content (AvgIpc) is 3.23. The van der Waals surface area contributed by atoms with Gasteiger partial charge in [0.1, 0.15) is 22.8 Å². The van der Waals surface area contributed by atoms with E-state index in [-0.39, 0.29) is 23.8 Å². The quantitative estimate of drug-likeness (QED) is 0.436. The second-order valence-corrected chi connectivity index (χ2v) is 7.97. The Morgan fingerprint density at radius 3 is 2.63 bits per heavy atom. The molecule has 1 aromatic carbocycles. The van der Waals surface area contributed by atoms with Gasteiger partial charge in [0, 0.05) is 10.6 Å². The summed E-state index contributed by atoms with van der Waals surface area (Å²) in [7, 11) is 1.23. The minimum atomic E-state index is -0.647. The molecule has 3 rings (SSSR count). The highest BCUT2D eigenvalue weighted by Crippen LogP contribution is 2.29. The zero-order chi connectivity index (χ0) is 22.1. The molecule has 0 bridgehead atoms. The van der Waals surface area contributed by atoms with Crippen molar-refractivity contribution in [3.05, 3.63) is 58.1 Å². The summed E-state index contributed by atoms with van der Waals surface area (Å²) in [4.78, 5) is 37.6. The molecule has 2 aromatic rings. The van der Waals surface area contributed by atoms with Crippen molar-refractivity contribution in [2.45, 2.75) is 32.9 Å². The van der Waals surface area contributed by atoms with Crippen molar-refractivity contribution in [2.24, 2.45) is 0 Å². The Labute approximate surface area is 178 Å². The van der Waals surface area contributed by atoms with Gasteiger partial charge in [-0.3, -0.25) is 9.69 Å². The van der Waals surface area contributed by atoms with Gasteiger partial charge in [0.2, 0.25) is 5.76 Å². The number of carbonyl (C=O) groups is 3. The van der Waals surface area contributed by atoms with Crippen LogP contribution >= 0.6 is 11.6 Å². The lowest BCUT2D eigenvalue weighted by atomic mass is 10.1. The lowest BCUT2D eigenvalue weighted by Gasteiger charge is -2.22. The number of halogens is 1. The number of nitrogens with one attached hydrogen (secondary N) is 1. The second kappa shape index (κ2) is 8.23. The highest BCUT2D eigenvalue weighted by Gasteiger charge is 2.34. The molecule has 0 atom stereocenters. The van der Waals surface area contributed by atoms with E-state index in [9.17, 15) is 14.4 Å². The molecule has 3 amide bonds. The van der Waals surface area contributed by atoms with E-state index in [0.29, 0.717) is 16.3 Å². The van der Waals surface area contributed by atoms with Gasteiger partial charge in [-0.25, -0.2) is 9.59 Å². The number of imide groups is 1. The fourth-order valence-corrected chi connectivity index (χ4v) is 2.94. The van der Waals surface area contributed by atoms with Gasteiger partial charge in [-0.2, -0.15) is 0 Å². The second-order valence-electron chi connectivity index (χ2n) is 7.53. The van der Waals surface area contributed by atoms with E-state index in [0.717, 1.165) is 4.90 Å². The highest BCUT2D eigenvalue weighted by molar-refractivity contribution is 6.30. The SMILES string of the molecule is COC(=O)c1ccc(CN2C(=O)N/C(=C\c3cc(Cl)ccc3OC(C)(C)C)C2=O)o1. The van der Waals surface area contributed by atoms with Gasteiger partial charge in [0.15, 0.2) is 0 Å². The van der Waals surface area contributed by atoms with E-state index in [2.05, 4.69) is 10.1 Å². The monoisotopic (exact) mass is 432 g/mol. The Bertz CT molecular complexity index is 1030. The third-order valence-corrected chi connectivity index (χ3v) is 4.25. The number of methoxy groups -OCH3 is 1. The van der Waals surface area contributed by atoms with E-state index in [4.69, 9.17) is 20.8 Å². The van der Waals surface area contributed by atoms with Gasteiger partial charge in [0.25, 0.3) is 5.91 Å². The fraction of sp³-hybridized carbons (Fsp3) is 0.286. The van der Waals surface area contributed by atoms with Gasteiger partial charge in [-0.1, -0.05) is 11.6 Å². The summed E-state index contributed by atoms with van der Waals surface area (Å²) >= 11 is 6.10. The maximum atomic E-state index is 12.8. The maximum absolute atomic E-state index is 12.8. The van der Waals surface area contributed by atoms with E-state index < -0.39 is 23.5 Å². The lowest BCUT2D eigenvalue weighted by Crippen LogP contribution is -2.30. The van der Waals surface area contributed by atoms with Crippen LogP contribution < -0.4 is 10.1 Å². The summed E-state index contributed by atoms with van der Waals surface area (Å²) in [5.41, 5.74) is 0.154. The third kappa shape index (κ3) is 4.83. The number of urea groups is 1. The van der Waals surface area contributed by atoms with Crippen LogP contribution in [0.4, 0.5) is 4.79 Å². The number of amides is 3. The number of esters is 1. The van der Waals surface area contributed by atoms with E-state index in [1.54, 1.807) is 18.2 Å². The standard InChI is InChI=1S/C21H21ClN2O6/c1-21(2,3)30-16-7-5-13(22)9-12(16)10-15-18(25)24(20(27)23-15)11-14-6-8-17(29-14)19(26)28-4/h5-10H,11H2,1-4H3,(H,23,27)/b15-10-. The van der Waals surface area contributed by atoms with Crippen molar-refractivity contribution in [1.29, 1.82) is 0 Å². The first kappa shape index (κ1) is 21.4. The Morgan fingerprint density at radius 2 is 1.97 bits per heavy atom. The van der Waals surface area contributed by atoms with Gasteiger partial charge in [-0.05, 0) is 57.2 Å². The third-order valence-electron chi connectivity index (χ3n) is 4.01. The number of hydrogen-bond acceptors (Lipinski definition) is 6. The van der Waals surface area contributed by atoms with Crippen LogP contribution in [-0.2, 0) is 16.1 Å². The first-order valence-corrected chi connectivity index (χ1v) is 9.45. The molecule has 1 fully saturated rings. The summed E-state index contributed by atoms with van der Waals surface area (Å²) in [6.45, 7) is 5.55. The summed E-state index contributed by atoms with van der Waals surface area (Å²) in [5, 5.41) is 3.00. The fourth-order valence-electron chi connectivity index (χ4n) is 2.75. The molecule has 158 valence electrons. The number of benzene rings is 1. The smallest absolute Gasteiger partial charge is 0.373 e. The summed E-state index contributed by atoms with van der Waals surface area (Å²) in [6.07, 6.45) is 1.51. The molecule has 1 saturated heterocycles. The van der Waals surface area contributed by atoms with Crippen LogP contribution in [0.5, 0.6) is 5.75 Å². The molecular weight excluding hydrogens is 412 g/mol. The van der Waals surface area contributed by atoms with Gasteiger partial charge < -0.3 is 19.2 Å². The van der Waals surface area contributed by atoms with E-state index >= 15 is 0 Å². The Morgan fingerprint density at radius 1 is 1.23 bits per heavy atom. The summed E-state index contributed by atoms with van der Waals surface area (Å²) in [6, 6.07) is 7.34. The summed E-state index contributed by atoms with van der Waals surface area (Å²) in [5.74, 6) is -0.421. The normalized spacial score (nSPS) is 15.5. The summed E-state index contributed by atoms with van der Waals surface area (Å²) < 4.78 is 15.8. The molecule has 1 aliphatic rings. The molecule has 0 unspecified atom stereocenters. The Hall–Kier alpha value is -3.26. The van der Waals surface area contributed by atoms with Crippen molar-refractivity contribution in [1.82, 2.24) is 10.2 Å². The number of rotatable bonds is 5. The van der Waals surface area contributed by atoms with Crippen LogP contribution in [0.15, 0.2) is 40.4 Å². The van der Waals surface area contributed by atoms with E-state index in [1.807, 2.05) is 20.8 Å². The molecule has 8 nitrogen and oxygen atoms in total. The van der Waals surface area contributed by atoms with Crippen molar-refractivity contribution in [2.75, 3.05) is 7.11 Å². The predicted molar refractivity (Wildman–Crippen MR) is 109 cm³/mol. The first-order chi connectivity index (χ1) is 14.1. The van der Waals surface area contributed by atoms with Crippen molar-refractivity contribution in [3.8, 4) is 5.75 Å². The van der Waals surface area contributed by atoms with Crippen LogP contribution in [0.3, 0.4) is 0 Å². The Kier molecular flexibility index (Phi) is 5.89. The molecule has 1 N–H and O–H groups in total. The number of nitrogens with zero attached hydrogens (tertiary/aromatic N) is 1. The molecule has 0 spiro atoms. The van der Waals surface area contributed by atoms with Gasteiger partial charge >= 0.3 is 12.0 Å². The molecule has 0 saturated carbocycles. The Balaban J connectivity index is 1.84. The first-order valence-electron chi connectivity index (χ1n) is 9.07. The van der Waals surface area contributed by atoms with Crippen LogP contribution in [-0.4, -0.2) is 35.5 Å². The zero-order valence-electron chi connectivity index (χ0n) is 16.9. The van der Waals surface area contributed by atoms with Crippen molar-refractivity contribution in [3.63, 3.8) is 0 Å². The number of furan rings is 1. The molecular formula is C21H21ClN2O6. The minimum absolute atomic E-state index is 0.0155. The molecule has 0 aliphatic carbocycles. The molecule has 9 heteroatoms. The van der Waals surface area contributed by atoms with Crippen molar-refractivity contribution < 1.29 is 28.3 Å². The number of carbonyl (C=O) groups excluding carboxylic acids is 3. The molecule has 1 aromatic heterocycles. The maximum Gasteiger partial charge on any atom is 0.373 e. The molecule has 0 radical (unpaired) electrons. The van der Waals surface area contributed by atoms with Crippen LogP contribution in [0.2, 0.25) is 5.02 Å². The van der Waals surface area contributed by atoms with Gasteiger partial charge in [-0.15, -0.1) is 0 Å². The lowest BCUT2D eigenvalue weighted by molar-refractivity contribution is -0.123. The molecule has 30 heavy (non-hydrogen) atoms. The topological polar surface area (TPSA) is 98.1 Å². The predicted octanol–water partition coefficient (Wildman–Crippen LogP) is 3.99. The number of hydrogen-bond donors (Lipinski definition) is 1. The average molecular weight is 433 g/mol. The van der Waals surface area contributed by atoms with E-state index in [1.165, 1.54) is 25.3 Å².